The molecule has 3 rings (SSSR count). The second-order valence-corrected chi connectivity index (χ2v) is 7.18. The first kappa shape index (κ1) is 19.8. The topological polar surface area (TPSA) is 76.9 Å². The largest absolute Gasteiger partial charge is 0.356 e. The van der Waals surface area contributed by atoms with Crippen molar-refractivity contribution in [3.05, 3.63) is 72.1 Å². The third kappa shape index (κ3) is 5.29. The van der Waals surface area contributed by atoms with E-state index < -0.39 is 0 Å². The summed E-state index contributed by atoms with van der Waals surface area (Å²) < 4.78 is 1.98. The van der Waals surface area contributed by atoms with E-state index in [0.29, 0.717) is 29.4 Å². The van der Waals surface area contributed by atoms with Gasteiger partial charge in [0, 0.05) is 31.1 Å². The van der Waals surface area contributed by atoms with E-state index in [2.05, 4.69) is 15.5 Å². The average molecular weight is 395 g/mol. The molecule has 144 valence electrons. The second kappa shape index (κ2) is 9.85. The number of rotatable bonds is 9. The lowest BCUT2D eigenvalue weighted by Gasteiger charge is -2.10. The van der Waals surface area contributed by atoms with Crippen molar-refractivity contribution in [1.82, 2.24) is 20.1 Å². The Kier molecular flexibility index (Phi) is 6.97. The number of hydrogen-bond acceptors (Lipinski definition) is 5. The zero-order valence-electron chi connectivity index (χ0n) is 15.7. The summed E-state index contributed by atoms with van der Waals surface area (Å²) in [7, 11) is 0. The number of amides is 1. The molecule has 0 unspecified atom stereocenters. The van der Waals surface area contributed by atoms with E-state index in [1.54, 1.807) is 0 Å². The van der Waals surface area contributed by atoms with Crippen LogP contribution in [0.15, 0.2) is 65.8 Å². The SMILES string of the molecule is CC(=O)NCCCc1nnc(SCC(=O)c2ccccc2)n1-c1ccccc1. The molecule has 1 aromatic heterocycles. The summed E-state index contributed by atoms with van der Waals surface area (Å²) in [5.41, 5.74) is 1.65. The van der Waals surface area contributed by atoms with E-state index in [0.717, 1.165) is 17.9 Å². The Bertz CT molecular complexity index is 926. The van der Waals surface area contributed by atoms with Crippen molar-refractivity contribution in [1.29, 1.82) is 0 Å². The van der Waals surface area contributed by atoms with Crippen LogP contribution in [0.2, 0.25) is 0 Å². The molecule has 0 atom stereocenters. The van der Waals surface area contributed by atoms with E-state index in [9.17, 15) is 9.59 Å². The Morgan fingerprint density at radius 2 is 1.68 bits per heavy atom. The van der Waals surface area contributed by atoms with Gasteiger partial charge in [0.05, 0.1) is 5.75 Å². The van der Waals surface area contributed by atoms with Gasteiger partial charge in [-0.2, -0.15) is 0 Å². The smallest absolute Gasteiger partial charge is 0.216 e. The number of nitrogens with one attached hydrogen (secondary N) is 1. The summed E-state index contributed by atoms with van der Waals surface area (Å²) in [6.07, 6.45) is 1.44. The summed E-state index contributed by atoms with van der Waals surface area (Å²) >= 11 is 1.38. The molecule has 1 heterocycles. The van der Waals surface area contributed by atoms with Gasteiger partial charge in [0.15, 0.2) is 10.9 Å². The highest BCUT2D eigenvalue weighted by Crippen LogP contribution is 2.23. The number of benzene rings is 2. The first-order valence-electron chi connectivity index (χ1n) is 9.10. The molecule has 0 aliphatic rings. The molecule has 0 radical (unpaired) electrons. The summed E-state index contributed by atoms with van der Waals surface area (Å²) in [5.74, 6) is 1.12. The van der Waals surface area contributed by atoms with Gasteiger partial charge in [-0.15, -0.1) is 10.2 Å². The summed E-state index contributed by atoms with van der Waals surface area (Å²) in [6.45, 7) is 2.09. The summed E-state index contributed by atoms with van der Waals surface area (Å²) in [4.78, 5) is 23.5. The van der Waals surface area contributed by atoms with Crippen molar-refractivity contribution in [2.45, 2.75) is 24.9 Å². The third-order valence-electron chi connectivity index (χ3n) is 4.09. The Balaban J connectivity index is 1.75. The molecular weight excluding hydrogens is 372 g/mol. The Morgan fingerprint density at radius 3 is 2.36 bits per heavy atom. The third-order valence-corrected chi connectivity index (χ3v) is 5.02. The van der Waals surface area contributed by atoms with E-state index >= 15 is 0 Å². The van der Waals surface area contributed by atoms with E-state index in [-0.39, 0.29) is 11.7 Å². The molecule has 1 N–H and O–H groups in total. The van der Waals surface area contributed by atoms with E-state index in [1.807, 2.05) is 65.2 Å². The van der Waals surface area contributed by atoms with Gasteiger partial charge in [0.25, 0.3) is 0 Å². The van der Waals surface area contributed by atoms with Crippen molar-refractivity contribution in [3.8, 4) is 5.69 Å². The number of hydrogen-bond donors (Lipinski definition) is 1. The van der Waals surface area contributed by atoms with Crippen LogP contribution in [0.25, 0.3) is 5.69 Å². The molecule has 0 saturated carbocycles. The Morgan fingerprint density at radius 1 is 1.00 bits per heavy atom. The zero-order valence-corrected chi connectivity index (χ0v) is 16.5. The van der Waals surface area contributed by atoms with Crippen LogP contribution in [0.1, 0.15) is 29.5 Å². The van der Waals surface area contributed by atoms with Gasteiger partial charge in [-0.05, 0) is 18.6 Å². The van der Waals surface area contributed by atoms with Crippen LogP contribution >= 0.6 is 11.8 Å². The molecule has 0 spiro atoms. The highest BCUT2D eigenvalue weighted by Gasteiger charge is 2.16. The normalized spacial score (nSPS) is 10.6. The van der Waals surface area contributed by atoms with E-state index in [1.165, 1.54) is 18.7 Å². The van der Waals surface area contributed by atoms with Crippen molar-refractivity contribution in [2.24, 2.45) is 0 Å². The lowest BCUT2D eigenvalue weighted by atomic mass is 10.2. The molecule has 6 nitrogen and oxygen atoms in total. The number of carbonyl (C=O) groups is 2. The monoisotopic (exact) mass is 394 g/mol. The fourth-order valence-corrected chi connectivity index (χ4v) is 3.61. The van der Waals surface area contributed by atoms with Crippen LogP contribution in [-0.2, 0) is 11.2 Å². The molecule has 0 aliphatic carbocycles. The van der Waals surface area contributed by atoms with Crippen molar-refractivity contribution in [3.63, 3.8) is 0 Å². The number of nitrogens with zero attached hydrogens (tertiary/aromatic N) is 3. The number of Topliss-reactive ketones (excluding diaryl/α,β-unsaturated/α-hetero) is 1. The highest BCUT2D eigenvalue weighted by atomic mass is 32.2. The van der Waals surface area contributed by atoms with Crippen LogP contribution in [0.5, 0.6) is 0 Å². The maximum atomic E-state index is 12.4. The number of aryl methyl sites for hydroxylation is 1. The predicted molar refractivity (Wildman–Crippen MR) is 110 cm³/mol. The van der Waals surface area contributed by atoms with Crippen LogP contribution in [0, 0.1) is 0 Å². The maximum absolute atomic E-state index is 12.4. The van der Waals surface area contributed by atoms with Crippen LogP contribution in [0.3, 0.4) is 0 Å². The quantitative estimate of drug-likeness (QED) is 0.342. The van der Waals surface area contributed by atoms with Gasteiger partial charge in [0.2, 0.25) is 5.91 Å². The molecule has 3 aromatic rings. The first-order valence-corrected chi connectivity index (χ1v) is 10.1. The zero-order chi connectivity index (χ0) is 19.8. The van der Waals surface area contributed by atoms with Gasteiger partial charge in [0.1, 0.15) is 5.82 Å². The van der Waals surface area contributed by atoms with Gasteiger partial charge in [-0.3, -0.25) is 14.2 Å². The van der Waals surface area contributed by atoms with Crippen LogP contribution in [0.4, 0.5) is 0 Å². The fraction of sp³-hybridized carbons (Fsp3) is 0.238. The molecule has 1 amide bonds. The molecule has 0 aliphatic heterocycles. The number of aromatic nitrogens is 3. The minimum Gasteiger partial charge on any atom is -0.356 e. The van der Waals surface area contributed by atoms with Gasteiger partial charge in [-0.1, -0.05) is 60.3 Å². The van der Waals surface area contributed by atoms with Crippen molar-refractivity contribution < 1.29 is 9.59 Å². The molecule has 2 aromatic carbocycles. The Hall–Kier alpha value is -2.93. The minimum absolute atomic E-state index is 0.0415. The lowest BCUT2D eigenvalue weighted by molar-refractivity contribution is -0.118. The molecule has 0 bridgehead atoms. The predicted octanol–water partition coefficient (Wildman–Crippen LogP) is 3.31. The number of ketones is 1. The number of thioether (sulfide) groups is 1. The summed E-state index contributed by atoms with van der Waals surface area (Å²) in [5, 5.41) is 12.1. The van der Waals surface area contributed by atoms with Crippen LogP contribution < -0.4 is 5.32 Å². The minimum atomic E-state index is -0.0415. The van der Waals surface area contributed by atoms with E-state index in [4.69, 9.17) is 0 Å². The molecule has 0 saturated heterocycles. The molecule has 28 heavy (non-hydrogen) atoms. The second-order valence-electron chi connectivity index (χ2n) is 6.23. The lowest BCUT2D eigenvalue weighted by Crippen LogP contribution is -2.21. The molecular formula is C21H22N4O2S. The van der Waals surface area contributed by atoms with Gasteiger partial charge >= 0.3 is 0 Å². The highest BCUT2D eigenvalue weighted by molar-refractivity contribution is 7.99. The van der Waals surface area contributed by atoms with Crippen molar-refractivity contribution in [2.75, 3.05) is 12.3 Å². The van der Waals surface area contributed by atoms with Crippen LogP contribution in [-0.4, -0.2) is 38.8 Å². The maximum Gasteiger partial charge on any atom is 0.216 e. The van der Waals surface area contributed by atoms with Gasteiger partial charge in [-0.25, -0.2) is 0 Å². The summed E-state index contributed by atoms with van der Waals surface area (Å²) in [6, 6.07) is 19.1. The van der Waals surface area contributed by atoms with Crippen molar-refractivity contribution >= 4 is 23.5 Å². The molecule has 7 heteroatoms. The fourth-order valence-electron chi connectivity index (χ4n) is 2.74. The standard InChI is InChI=1S/C21H22N4O2S/c1-16(26)22-14-8-13-20-23-24-21(25(20)18-11-6-3-7-12-18)28-15-19(27)17-9-4-2-5-10-17/h2-7,9-12H,8,13-15H2,1H3,(H,22,26). The average Bonchev–Trinajstić information content (AvgIpc) is 3.13. The Labute approximate surface area is 168 Å². The molecule has 0 fully saturated rings. The number of carbonyl (C=O) groups excluding carboxylic acids is 2. The number of para-hydroxylation sites is 1. The van der Waals surface area contributed by atoms with Gasteiger partial charge < -0.3 is 5.32 Å². The first-order chi connectivity index (χ1) is 13.6.